The third-order valence-electron chi connectivity index (χ3n) is 6.36. The van der Waals surface area contributed by atoms with Gasteiger partial charge in [-0.1, -0.05) is 0 Å². The lowest BCUT2D eigenvalue weighted by atomic mass is 9.66. The number of hydrogen-bond donors (Lipinski definition) is 3. The smallest absolute Gasteiger partial charge is 0.244 e. The molecule has 3 fully saturated rings. The number of aliphatic hydroxyl groups excluding tert-OH is 1. The number of unbranched alkanes of at least 4 members (excludes halogenated alkanes) is 1. The molecule has 3 rings (SSSR count). The Morgan fingerprint density at radius 2 is 1.93 bits per heavy atom. The van der Waals surface area contributed by atoms with Crippen molar-refractivity contribution in [3.05, 3.63) is 0 Å². The number of thioether (sulfide) groups is 1. The summed E-state index contributed by atoms with van der Waals surface area (Å²) in [7, 11) is 1.61. The van der Waals surface area contributed by atoms with Crippen molar-refractivity contribution in [3.63, 3.8) is 0 Å². The third kappa shape index (κ3) is 3.22. The molecular weight excluding hydrogens is 378 g/mol. The van der Waals surface area contributed by atoms with Gasteiger partial charge >= 0.3 is 0 Å². The Bertz CT molecular complexity index is 679. The van der Waals surface area contributed by atoms with E-state index >= 15 is 0 Å². The quantitative estimate of drug-likeness (QED) is 0.564. The van der Waals surface area contributed by atoms with Crippen LogP contribution >= 0.6 is 11.8 Å². The van der Waals surface area contributed by atoms with Crippen LogP contribution in [0, 0.1) is 11.8 Å². The van der Waals surface area contributed by atoms with Gasteiger partial charge in [-0.15, -0.1) is 11.8 Å². The SMILES string of the molecule is CNC(=O)[C@H]1[C@H]2C(=O)N(CCCCO)C(C(=O)NC(C)(C)C)C23CC[C@]1(C)S3. The summed E-state index contributed by atoms with van der Waals surface area (Å²) in [4.78, 5) is 41.3. The number of aliphatic hydroxyl groups is 1. The highest BCUT2D eigenvalue weighted by molar-refractivity contribution is 8.02. The Morgan fingerprint density at radius 3 is 2.50 bits per heavy atom. The van der Waals surface area contributed by atoms with Crippen LogP contribution in [0.5, 0.6) is 0 Å². The fourth-order valence-corrected chi connectivity index (χ4v) is 7.71. The second-order valence-corrected chi connectivity index (χ2v) is 11.4. The molecule has 8 heteroatoms. The van der Waals surface area contributed by atoms with E-state index in [1.165, 1.54) is 0 Å². The number of nitrogens with zero attached hydrogens (tertiary/aromatic N) is 1. The minimum absolute atomic E-state index is 0.0587. The minimum atomic E-state index is -0.579. The van der Waals surface area contributed by atoms with Crippen molar-refractivity contribution < 1.29 is 19.5 Å². The largest absolute Gasteiger partial charge is 0.396 e. The fourth-order valence-electron chi connectivity index (χ4n) is 5.36. The van der Waals surface area contributed by atoms with Crippen molar-refractivity contribution in [2.45, 2.75) is 74.5 Å². The summed E-state index contributed by atoms with van der Waals surface area (Å²) in [6.45, 7) is 8.34. The Labute approximate surface area is 171 Å². The van der Waals surface area contributed by atoms with Gasteiger partial charge in [-0.05, 0) is 53.4 Å². The average Bonchev–Trinajstić information content (AvgIpc) is 3.14. The van der Waals surface area contributed by atoms with E-state index in [-0.39, 0.29) is 29.1 Å². The zero-order chi connectivity index (χ0) is 20.9. The molecule has 2 bridgehead atoms. The molecule has 5 atom stereocenters. The molecule has 1 spiro atoms. The lowest BCUT2D eigenvalue weighted by Gasteiger charge is -2.36. The molecule has 3 aliphatic heterocycles. The summed E-state index contributed by atoms with van der Waals surface area (Å²) in [6.07, 6.45) is 2.80. The van der Waals surface area contributed by atoms with E-state index in [0.29, 0.717) is 19.4 Å². The lowest BCUT2D eigenvalue weighted by Crippen LogP contribution is -2.57. The molecule has 3 saturated heterocycles. The number of carbonyl (C=O) groups excluding carboxylic acids is 3. The molecule has 0 aromatic carbocycles. The van der Waals surface area contributed by atoms with Crippen LogP contribution in [0.15, 0.2) is 0 Å². The normalized spacial score (nSPS) is 36.6. The predicted octanol–water partition coefficient (Wildman–Crippen LogP) is 0.901. The molecule has 3 aliphatic rings. The molecule has 3 heterocycles. The van der Waals surface area contributed by atoms with Crippen molar-refractivity contribution >= 4 is 29.5 Å². The van der Waals surface area contributed by atoms with Crippen molar-refractivity contribution in [1.29, 1.82) is 0 Å². The molecule has 2 unspecified atom stereocenters. The van der Waals surface area contributed by atoms with Gasteiger partial charge in [0.1, 0.15) is 6.04 Å². The Hall–Kier alpha value is -1.28. The summed E-state index contributed by atoms with van der Waals surface area (Å²) in [5.74, 6) is -1.22. The average molecular weight is 412 g/mol. The Kier molecular flexibility index (Phi) is 5.51. The molecule has 158 valence electrons. The van der Waals surface area contributed by atoms with E-state index in [0.717, 1.165) is 12.8 Å². The summed E-state index contributed by atoms with van der Waals surface area (Å²) < 4.78 is -0.880. The minimum Gasteiger partial charge on any atom is -0.396 e. The molecule has 0 radical (unpaired) electrons. The molecule has 0 aliphatic carbocycles. The zero-order valence-electron chi connectivity index (χ0n) is 17.5. The van der Waals surface area contributed by atoms with Crippen LogP contribution in [0.1, 0.15) is 53.4 Å². The van der Waals surface area contributed by atoms with Crippen molar-refractivity contribution in [2.75, 3.05) is 20.2 Å². The number of rotatable bonds is 6. The van der Waals surface area contributed by atoms with E-state index in [2.05, 4.69) is 17.6 Å². The zero-order valence-corrected chi connectivity index (χ0v) is 18.3. The molecule has 0 saturated carbocycles. The van der Waals surface area contributed by atoms with Crippen molar-refractivity contribution in [3.8, 4) is 0 Å². The van der Waals surface area contributed by atoms with E-state index in [1.54, 1.807) is 23.7 Å². The van der Waals surface area contributed by atoms with E-state index in [4.69, 9.17) is 5.11 Å². The van der Waals surface area contributed by atoms with Crippen LogP contribution in [0.3, 0.4) is 0 Å². The van der Waals surface area contributed by atoms with Crippen molar-refractivity contribution in [2.24, 2.45) is 11.8 Å². The second kappa shape index (κ2) is 7.20. The van der Waals surface area contributed by atoms with Gasteiger partial charge in [0, 0.05) is 30.5 Å². The molecule has 3 N–H and O–H groups in total. The maximum absolute atomic E-state index is 13.5. The Morgan fingerprint density at radius 1 is 1.25 bits per heavy atom. The number of amides is 3. The third-order valence-corrected chi connectivity index (χ3v) is 8.34. The topological polar surface area (TPSA) is 98.7 Å². The van der Waals surface area contributed by atoms with Gasteiger partial charge in [-0.2, -0.15) is 0 Å². The van der Waals surface area contributed by atoms with Gasteiger partial charge in [-0.3, -0.25) is 14.4 Å². The van der Waals surface area contributed by atoms with Gasteiger partial charge in [0.05, 0.1) is 16.6 Å². The maximum Gasteiger partial charge on any atom is 0.244 e. The molecular formula is C20H33N3O4S. The van der Waals surface area contributed by atoms with Gasteiger partial charge < -0.3 is 20.6 Å². The predicted molar refractivity (Wildman–Crippen MR) is 109 cm³/mol. The van der Waals surface area contributed by atoms with E-state index in [1.807, 2.05) is 20.8 Å². The highest BCUT2D eigenvalue weighted by Crippen LogP contribution is 2.71. The van der Waals surface area contributed by atoms with E-state index < -0.39 is 28.2 Å². The Balaban J connectivity index is 2.01. The first-order valence-corrected chi connectivity index (χ1v) is 11.0. The van der Waals surface area contributed by atoms with Crippen LogP contribution in [0.2, 0.25) is 0 Å². The molecule has 7 nitrogen and oxygen atoms in total. The highest BCUT2D eigenvalue weighted by Gasteiger charge is 2.76. The van der Waals surface area contributed by atoms with Crippen molar-refractivity contribution in [1.82, 2.24) is 15.5 Å². The first kappa shape index (κ1) is 21.4. The molecule has 28 heavy (non-hydrogen) atoms. The van der Waals surface area contributed by atoms with Gasteiger partial charge in [0.2, 0.25) is 17.7 Å². The van der Waals surface area contributed by atoms with Crippen LogP contribution in [-0.2, 0) is 14.4 Å². The number of likely N-dealkylation sites (tertiary alicyclic amines) is 1. The monoisotopic (exact) mass is 411 g/mol. The standard InChI is InChI=1S/C20H33N3O4S/c1-18(2,3)22-16(26)14-20-9-8-19(4,28-20)12(15(25)21-5)13(20)17(27)23(14)10-6-7-11-24/h12-14,24H,6-11H2,1-5H3,(H,21,25)(H,22,26)/t12-,13+,14?,19+,20?/m1/s1. The first-order valence-electron chi connectivity index (χ1n) is 10.2. The number of carbonyl (C=O) groups is 3. The number of nitrogens with one attached hydrogen (secondary N) is 2. The van der Waals surface area contributed by atoms with Crippen LogP contribution in [-0.4, -0.2) is 69.0 Å². The second-order valence-electron chi connectivity index (χ2n) is 9.54. The molecule has 0 aromatic heterocycles. The van der Waals surface area contributed by atoms with Crippen LogP contribution in [0.25, 0.3) is 0 Å². The van der Waals surface area contributed by atoms with Gasteiger partial charge in [0.15, 0.2) is 0 Å². The summed E-state index contributed by atoms with van der Waals surface area (Å²) in [6, 6.07) is -0.579. The van der Waals surface area contributed by atoms with Crippen LogP contribution < -0.4 is 10.6 Å². The van der Waals surface area contributed by atoms with Crippen LogP contribution in [0.4, 0.5) is 0 Å². The lowest BCUT2D eigenvalue weighted by molar-refractivity contribution is -0.140. The number of fused-ring (bicyclic) bond motifs is 1. The maximum atomic E-state index is 13.5. The van der Waals surface area contributed by atoms with E-state index in [9.17, 15) is 14.4 Å². The molecule has 3 amide bonds. The highest BCUT2D eigenvalue weighted by atomic mass is 32.2. The summed E-state index contributed by atoms with van der Waals surface area (Å²) in [5.41, 5.74) is -0.406. The fraction of sp³-hybridized carbons (Fsp3) is 0.850. The van der Waals surface area contributed by atoms with Gasteiger partial charge in [0.25, 0.3) is 0 Å². The first-order chi connectivity index (χ1) is 13.0. The number of hydrogen-bond acceptors (Lipinski definition) is 5. The summed E-state index contributed by atoms with van der Waals surface area (Å²) in [5, 5.41) is 14.9. The van der Waals surface area contributed by atoms with Gasteiger partial charge in [-0.25, -0.2) is 0 Å². The summed E-state index contributed by atoms with van der Waals surface area (Å²) >= 11 is 1.68. The molecule has 0 aromatic rings.